The number of carbonyl (C=O) groups is 1. The molecule has 1 amide bonds. The van der Waals surface area contributed by atoms with E-state index in [9.17, 15) is 4.79 Å². The number of thioether (sulfide) groups is 1. The molecule has 2 unspecified atom stereocenters. The zero-order chi connectivity index (χ0) is 14.7. The van der Waals surface area contributed by atoms with Crippen molar-refractivity contribution in [2.45, 2.75) is 56.9 Å². The van der Waals surface area contributed by atoms with Gasteiger partial charge in [-0.2, -0.15) is 0 Å². The summed E-state index contributed by atoms with van der Waals surface area (Å²) in [6.45, 7) is 2.23. The van der Waals surface area contributed by atoms with Gasteiger partial charge in [-0.25, -0.2) is 0 Å². The number of aromatic nitrogens is 1. The monoisotopic (exact) mass is 304 g/mol. The minimum Gasteiger partial charge on any atom is -0.324 e. The van der Waals surface area contributed by atoms with E-state index < -0.39 is 0 Å². The van der Waals surface area contributed by atoms with Crippen LogP contribution < -0.4 is 0 Å². The molecule has 0 bridgehead atoms. The number of pyridine rings is 1. The van der Waals surface area contributed by atoms with E-state index in [2.05, 4.69) is 22.9 Å². The summed E-state index contributed by atoms with van der Waals surface area (Å²) in [5.41, 5.74) is 1.16. The van der Waals surface area contributed by atoms with Crippen LogP contribution in [-0.2, 0) is 4.79 Å². The van der Waals surface area contributed by atoms with E-state index in [4.69, 9.17) is 0 Å². The highest BCUT2D eigenvalue weighted by Gasteiger charge is 2.34. The maximum absolute atomic E-state index is 12.5. The van der Waals surface area contributed by atoms with E-state index in [0.717, 1.165) is 23.7 Å². The van der Waals surface area contributed by atoms with Gasteiger partial charge in [-0.05, 0) is 25.3 Å². The van der Waals surface area contributed by atoms with Crippen molar-refractivity contribution in [3.63, 3.8) is 0 Å². The van der Waals surface area contributed by atoms with Gasteiger partial charge in [-0.15, -0.1) is 11.8 Å². The molecule has 2 atom stereocenters. The molecule has 2 aliphatic rings. The van der Waals surface area contributed by atoms with Gasteiger partial charge in [0.25, 0.3) is 0 Å². The van der Waals surface area contributed by atoms with Crippen molar-refractivity contribution in [2.75, 3.05) is 5.75 Å². The third-order valence-electron chi connectivity index (χ3n) is 4.73. The first kappa shape index (κ1) is 14.9. The minimum absolute atomic E-state index is 0.149. The van der Waals surface area contributed by atoms with Crippen molar-refractivity contribution in [1.82, 2.24) is 9.88 Å². The first-order chi connectivity index (χ1) is 10.3. The lowest BCUT2D eigenvalue weighted by Crippen LogP contribution is -2.43. The van der Waals surface area contributed by atoms with Crippen molar-refractivity contribution < 1.29 is 4.79 Å². The van der Waals surface area contributed by atoms with Crippen LogP contribution >= 0.6 is 11.8 Å². The van der Waals surface area contributed by atoms with Crippen LogP contribution in [0.25, 0.3) is 0 Å². The average Bonchev–Trinajstić information content (AvgIpc) is 3.00. The third-order valence-corrected chi connectivity index (χ3v) is 5.98. The summed E-state index contributed by atoms with van der Waals surface area (Å²) in [5.74, 6) is 2.05. The second kappa shape index (κ2) is 6.82. The van der Waals surface area contributed by atoms with E-state index in [-0.39, 0.29) is 5.37 Å². The predicted molar refractivity (Wildman–Crippen MR) is 86.9 cm³/mol. The first-order valence-corrected chi connectivity index (χ1v) is 9.13. The molecule has 1 saturated heterocycles. The standard InChI is InChI=1S/C17H24N2OS/c1-13(11-14-5-2-3-6-14)19-16(20)8-10-21-17(19)15-7-4-9-18-12-15/h4,7,9,12-14,17H,2-3,5-6,8,10-11H2,1H3. The van der Waals surface area contributed by atoms with Crippen LogP contribution in [0.2, 0.25) is 0 Å². The van der Waals surface area contributed by atoms with Crippen molar-refractivity contribution >= 4 is 17.7 Å². The molecule has 1 aliphatic heterocycles. The van der Waals surface area contributed by atoms with Crippen LogP contribution in [-0.4, -0.2) is 27.6 Å². The van der Waals surface area contributed by atoms with Crippen LogP contribution in [0, 0.1) is 5.92 Å². The summed E-state index contributed by atoms with van der Waals surface area (Å²) in [6, 6.07) is 4.39. The van der Waals surface area contributed by atoms with Gasteiger partial charge in [-0.1, -0.05) is 31.7 Å². The molecule has 3 nitrogen and oxygen atoms in total. The highest BCUT2D eigenvalue weighted by Crippen LogP contribution is 2.40. The Morgan fingerprint density at radius 3 is 2.95 bits per heavy atom. The van der Waals surface area contributed by atoms with Crippen LogP contribution in [0.15, 0.2) is 24.5 Å². The Labute approximate surface area is 131 Å². The van der Waals surface area contributed by atoms with Gasteiger partial charge >= 0.3 is 0 Å². The Kier molecular flexibility index (Phi) is 4.84. The molecule has 21 heavy (non-hydrogen) atoms. The average molecular weight is 304 g/mol. The van der Waals surface area contributed by atoms with Crippen molar-refractivity contribution in [3.05, 3.63) is 30.1 Å². The number of hydrogen-bond donors (Lipinski definition) is 0. The van der Waals surface area contributed by atoms with Crippen molar-refractivity contribution in [3.8, 4) is 0 Å². The van der Waals surface area contributed by atoms with Gasteiger partial charge in [0.2, 0.25) is 5.91 Å². The topological polar surface area (TPSA) is 33.2 Å². The van der Waals surface area contributed by atoms with Gasteiger partial charge in [0, 0.05) is 36.2 Å². The molecular formula is C17H24N2OS. The molecule has 1 aromatic heterocycles. The van der Waals surface area contributed by atoms with Crippen LogP contribution in [0.3, 0.4) is 0 Å². The summed E-state index contributed by atoms with van der Waals surface area (Å²) in [7, 11) is 0. The maximum atomic E-state index is 12.5. The number of hydrogen-bond acceptors (Lipinski definition) is 3. The van der Waals surface area contributed by atoms with Crippen LogP contribution in [0.1, 0.15) is 56.4 Å². The normalized spacial score (nSPS) is 25.3. The van der Waals surface area contributed by atoms with Gasteiger partial charge < -0.3 is 4.90 Å². The lowest BCUT2D eigenvalue weighted by Gasteiger charge is -2.40. The molecule has 1 aliphatic carbocycles. The second-order valence-electron chi connectivity index (χ2n) is 6.30. The van der Waals surface area contributed by atoms with Gasteiger partial charge in [0.15, 0.2) is 0 Å². The molecule has 0 radical (unpaired) electrons. The number of carbonyl (C=O) groups excluding carboxylic acids is 1. The third kappa shape index (κ3) is 3.42. The molecular weight excluding hydrogens is 280 g/mol. The summed E-state index contributed by atoms with van der Waals surface area (Å²) < 4.78 is 0. The van der Waals surface area contributed by atoms with Gasteiger partial charge in [0.05, 0.1) is 0 Å². The highest BCUT2D eigenvalue weighted by atomic mass is 32.2. The zero-order valence-corrected chi connectivity index (χ0v) is 13.5. The largest absolute Gasteiger partial charge is 0.324 e. The molecule has 1 aromatic rings. The van der Waals surface area contributed by atoms with Crippen molar-refractivity contribution in [2.24, 2.45) is 5.92 Å². The SMILES string of the molecule is CC(CC1CCCC1)N1C(=O)CCSC1c1cccnc1. The van der Waals surface area contributed by atoms with Gasteiger partial charge in [0.1, 0.15) is 5.37 Å². The van der Waals surface area contributed by atoms with E-state index in [0.29, 0.717) is 18.4 Å². The molecule has 0 N–H and O–H groups in total. The molecule has 114 valence electrons. The Morgan fingerprint density at radius 1 is 1.43 bits per heavy atom. The summed E-state index contributed by atoms with van der Waals surface area (Å²) in [4.78, 5) is 18.8. The van der Waals surface area contributed by atoms with Crippen LogP contribution in [0.4, 0.5) is 0 Å². The molecule has 1 saturated carbocycles. The highest BCUT2D eigenvalue weighted by molar-refractivity contribution is 7.99. The Bertz CT molecular complexity index is 473. The van der Waals surface area contributed by atoms with E-state index in [1.54, 1.807) is 6.20 Å². The van der Waals surface area contributed by atoms with Crippen LogP contribution in [0.5, 0.6) is 0 Å². The molecule has 4 heteroatoms. The smallest absolute Gasteiger partial charge is 0.224 e. The fraction of sp³-hybridized carbons (Fsp3) is 0.647. The number of amides is 1. The molecule has 0 aromatic carbocycles. The van der Waals surface area contributed by atoms with Crippen molar-refractivity contribution in [1.29, 1.82) is 0 Å². The summed E-state index contributed by atoms with van der Waals surface area (Å²) >= 11 is 1.88. The Balaban J connectivity index is 1.75. The van der Waals surface area contributed by atoms with E-state index in [1.165, 1.54) is 25.7 Å². The quantitative estimate of drug-likeness (QED) is 0.842. The minimum atomic E-state index is 0.149. The van der Waals surface area contributed by atoms with E-state index in [1.807, 2.05) is 24.0 Å². The molecule has 0 spiro atoms. The fourth-order valence-corrected chi connectivity index (χ4v) is 5.03. The molecule has 2 fully saturated rings. The molecule has 3 rings (SSSR count). The summed E-state index contributed by atoms with van der Waals surface area (Å²) in [6.07, 6.45) is 11.0. The fourth-order valence-electron chi connectivity index (χ4n) is 3.70. The zero-order valence-electron chi connectivity index (χ0n) is 12.7. The molecule has 2 heterocycles. The Morgan fingerprint density at radius 2 is 2.24 bits per heavy atom. The lowest BCUT2D eigenvalue weighted by atomic mass is 9.97. The van der Waals surface area contributed by atoms with E-state index >= 15 is 0 Å². The number of nitrogens with zero attached hydrogens (tertiary/aromatic N) is 2. The first-order valence-electron chi connectivity index (χ1n) is 8.08. The number of rotatable bonds is 4. The summed E-state index contributed by atoms with van der Waals surface area (Å²) in [5, 5.41) is 0.149. The Hall–Kier alpha value is -1.03. The second-order valence-corrected chi connectivity index (χ2v) is 7.48. The predicted octanol–water partition coefficient (Wildman–Crippen LogP) is 4.01. The maximum Gasteiger partial charge on any atom is 0.224 e. The van der Waals surface area contributed by atoms with Gasteiger partial charge in [-0.3, -0.25) is 9.78 Å². The lowest BCUT2D eigenvalue weighted by molar-refractivity contribution is -0.134.